The van der Waals surface area contributed by atoms with E-state index in [9.17, 15) is 4.39 Å². The fourth-order valence-electron chi connectivity index (χ4n) is 2.90. The molecule has 24 heavy (non-hydrogen) atoms. The predicted molar refractivity (Wildman–Crippen MR) is 90.2 cm³/mol. The number of hydrogen-bond acceptors (Lipinski definition) is 5. The van der Waals surface area contributed by atoms with Crippen LogP contribution in [0.2, 0.25) is 5.02 Å². The number of pyridine rings is 2. The number of aromatic nitrogens is 2. The summed E-state index contributed by atoms with van der Waals surface area (Å²) in [4.78, 5) is 12.4. The summed E-state index contributed by atoms with van der Waals surface area (Å²) in [7, 11) is 0. The first-order valence-electron chi connectivity index (χ1n) is 7.71. The lowest BCUT2D eigenvalue weighted by atomic mass is 10.1. The number of nitrogens with zero attached hydrogens (tertiary/aromatic N) is 5. The van der Waals surface area contributed by atoms with Gasteiger partial charge in [-0.25, -0.2) is 9.37 Å². The van der Waals surface area contributed by atoms with Gasteiger partial charge in [-0.3, -0.25) is 9.88 Å². The minimum absolute atomic E-state index is 0.222. The fraction of sp³-hybridized carbons (Fsp3) is 0.353. The molecule has 124 valence electrons. The van der Waals surface area contributed by atoms with Gasteiger partial charge in [0.15, 0.2) is 0 Å². The monoisotopic (exact) mass is 345 g/mol. The zero-order chi connectivity index (χ0) is 17.1. The van der Waals surface area contributed by atoms with Crippen molar-refractivity contribution in [3.63, 3.8) is 0 Å². The van der Waals surface area contributed by atoms with Crippen molar-refractivity contribution in [3.8, 4) is 6.07 Å². The van der Waals surface area contributed by atoms with Crippen LogP contribution in [-0.4, -0.2) is 40.5 Å². The smallest absolute Gasteiger partial charge is 0.147 e. The highest BCUT2D eigenvalue weighted by atomic mass is 35.5. The zero-order valence-corrected chi connectivity index (χ0v) is 14.0. The Kier molecular flexibility index (Phi) is 4.93. The molecule has 0 aliphatic carbocycles. The molecule has 0 spiro atoms. The van der Waals surface area contributed by atoms with Crippen molar-refractivity contribution in [1.29, 1.82) is 5.26 Å². The SMILES string of the molecule is CC1CN(c2ncc(C#N)cc2Cl)CCN1Cc1ccncc1F. The molecular formula is C17H17ClFN5. The van der Waals surface area contributed by atoms with Gasteiger partial charge in [0.05, 0.1) is 16.8 Å². The van der Waals surface area contributed by atoms with Crippen molar-refractivity contribution in [2.75, 3.05) is 24.5 Å². The van der Waals surface area contributed by atoms with Gasteiger partial charge in [-0.2, -0.15) is 5.26 Å². The summed E-state index contributed by atoms with van der Waals surface area (Å²) >= 11 is 6.25. The third-order valence-corrected chi connectivity index (χ3v) is 4.52. The maximum absolute atomic E-state index is 13.8. The van der Waals surface area contributed by atoms with E-state index in [0.717, 1.165) is 19.6 Å². The number of rotatable bonds is 3. The van der Waals surface area contributed by atoms with Crippen LogP contribution < -0.4 is 4.90 Å². The summed E-state index contributed by atoms with van der Waals surface area (Å²) in [5, 5.41) is 9.38. The second-order valence-electron chi connectivity index (χ2n) is 5.87. The van der Waals surface area contributed by atoms with E-state index in [4.69, 9.17) is 16.9 Å². The van der Waals surface area contributed by atoms with E-state index in [2.05, 4.69) is 26.7 Å². The van der Waals surface area contributed by atoms with Gasteiger partial charge in [0, 0.05) is 50.2 Å². The van der Waals surface area contributed by atoms with Gasteiger partial charge in [0.1, 0.15) is 17.7 Å². The van der Waals surface area contributed by atoms with E-state index in [0.29, 0.717) is 28.5 Å². The molecule has 0 bridgehead atoms. The average molecular weight is 346 g/mol. The number of anilines is 1. The van der Waals surface area contributed by atoms with E-state index in [1.54, 1.807) is 18.3 Å². The predicted octanol–water partition coefficient (Wildman–Crippen LogP) is 2.85. The molecule has 2 aromatic rings. The highest BCUT2D eigenvalue weighted by Crippen LogP contribution is 2.26. The lowest BCUT2D eigenvalue weighted by Gasteiger charge is -2.40. The van der Waals surface area contributed by atoms with Crippen LogP contribution >= 0.6 is 11.6 Å². The third kappa shape index (κ3) is 3.48. The number of halogens is 2. The minimum Gasteiger partial charge on any atom is -0.353 e. The van der Waals surface area contributed by atoms with Gasteiger partial charge in [-0.15, -0.1) is 0 Å². The third-order valence-electron chi connectivity index (χ3n) is 4.25. The lowest BCUT2D eigenvalue weighted by molar-refractivity contribution is 0.178. The highest BCUT2D eigenvalue weighted by Gasteiger charge is 2.26. The highest BCUT2D eigenvalue weighted by molar-refractivity contribution is 6.33. The molecule has 2 aromatic heterocycles. The van der Waals surface area contributed by atoms with Crippen LogP contribution in [0.15, 0.2) is 30.7 Å². The molecule has 3 rings (SSSR count). The van der Waals surface area contributed by atoms with E-state index in [1.807, 2.05) is 6.07 Å². The van der Waals surface area contributed by atoms with E-state index in [-0.39, 0.29) is 11.9 Å². The quantitative estimate of drug-likeness (QED) is 0.856. The van der Waals surface area contributed by atoms with Gasteiger partial charge in [-0.1, -0.05) is 11.6 Å². The first kappa shape index (κ1) is 16.6. The van der Waals surface area contributed by atoms with Crippen molar-refractivity contribution in [3.05, 3.63) is 52.7 Å². The maximum Gasteiger partial charge on any atom is 0.147 e. The van der Waals surface area contributed by atoms with Crippen molar-refractivity contribution in [2.45, 2.75) is 19.5 Å². The maximum atomic E-state index is 13.8. The molecule has 5 nitrogen and oxygen atoms in total. The fourth-order valence-corrected chi connectivity index (χ4v) is 3.18. The summed E-state index contributed by atoms with van der Waals surface area (Å²) in [6, 6.07) is 5.60. The van der Waals surface area contributed by atoms with Gasteiger partial charge < -0.3 is 4.90 Å². The molecule has 1 aliphatic heterocycles. The van der Waals surface area contributed by atoms with Crippen LogP contribution in [0, 0.1) is 17.1 Å². The second kappa shape index (κ2) is 7.12. The van der Waals surface area contributed by atoms with Crippen molar-refractivity contribution in [2.24, 2.45) is 0 Å². The minimum atomic E-state index is -0.274. The Morgan fingerprint density at radius 1 is 1.42 bits per heavy atom. The van der Waals surface area contributed by atoms with Crippen molar-refractivity contribution in [1.82, 2.24) is 14.9 Å². The Balaban J connectivity index is 1.69. The Labute approximate surface area is 145 Å². The molecule has 0 saturated carbocycles. The molecule has 0 aromatic carbocycles. The Bertz CT molecular complexity index is 776. The number of hydrogen-bond donors (Lipinski definition) is 0. The first-order valence-corrected chi connectivity index (χ1v) is 8.09. The number of nitriles is 1. The van der Waals surface area contributed by atoms with Crippen LogP contribution in [0.25, 0.3) is 0 Å². The van der Waals surface area contributed by atoms with Gasteiger partial charge >= 0.3 is 0 Å². The van der Waals surface area contributed by atoms with Crippen LogP contribution in [0.1, 0.15) is 18.1 Å². The molecule has 7 heteroatoms. The molecule has 0 N–H and O–H groups in total. The molecule has 0 amide bonds. The molecule has 1 saturated heterocycles. The molecular weight excluding hydrogens is 329 g/mol. The molecule has 1 fully saturated rings. The lowest BCUT2D eigenvalue weighted by Crippen LogP contribution is -2.51. The van der Waals surface area contributed by atoms with Gasteiger partial charge in [0.25, 0.3) is 0 Å². The van der Waals surface area contributed by atoms with Crippen LogP contribution in [0.5, 0.6) is 0 Å². The van der Waals surface area contributed by atoms with Gasteiger partial charge in [-0.05, 0) is 19.1 Å². The number of piperazine rings is 1. The van der Waals surface area contributed by atoms with E-state index >= 15 is 0 Å². The summed E-state index contributed by atoms with van der Waals surface area (Å²) < 4.78 is 13.8. The summed E-state index contributed by atoms with van der Waals surface area (Å²) in [5.41, 5.74) is 1.10. The zero-order valence-electron chi connectivity index (χ0n) is 13.3. The van der Waals surface area contributed by atoms with Crippen LogP contribution in [0.4, 0.5) is 10.2 Å². The Morgan fingerprint density at radius 2 is 2.25 bits per heavy atom. The first-order chi connectivity index (χ1) is 11.6. The van der Waals surface area contributed by atoms with Crippen LogP contribution in [0.3, 0.4) is 0 Å². The largest absolute Gasteiger partial charge is 0.353 e. The van der Waals surface area contributed by atoms with Gasteiger partial charge in [0.2, 0.25) is 0 Å². The normalized spacial score (nSPS) is 18.4. The second-order valence-corrected chi connectivity index (χ2v) is 6.28. The molecule has 1 unspecified atom stereocenters. The summed E-state index contributed by atoms with van der Waals surface area (Å²) in [6.07, 6.45) is 4.39. The van der Waals surface area contributed by atoms with Crippen molar-refractivity contribution < 1.29 is 4.39 Å². The average Bonchev–Trinajstić information content (AvgIpc) is 2.58. The Hall–Kier alpha value is -2.23. The molecule has 3 heterocycles. The summed E-state index contributed by atoms with van der Waals surface area (Å²) in [5.74, 6) is 0.418. The van der Waals surface area contributed by atoms with E-state index < -0.39 is 0 Å². The van der Waals surface area contributed by atoms with E-state index in [1.165, 1.54) is 12.4 Å². The Morgan fingerprint density at radius 3 is 2.92 bits per heavy atom. The molecule has 1 aliphatic rings. The topological polar surface area (TPSA) is 56.1 Å². The molecule has 1 atom stereocenters. The summed E-state index contributed by atoms with van der Waals surface area (Å²) in [6.45, 7) is 4.92. The van der Waals surface area contributed by atoms with Crippen LogP contribution in [-0.2, 0) is 6.54 Å². The molecule has 0 radical (unpaired) electrons. The standard InChI is InChI=1S/C17H17ClFN5/c1-12-10-24(17-15(18)6-13(7-20)8-22-17)5-4-23(12)11-14-2-3-21-9-16(14)19/h2-3,6,8-9,12H,4-5,10-11H2,1H3. The van der Waals surface area contributed by atoms with Crippen molar-refractivity contribution >= 4 is 17.4 Å².